The maximum absolute atomic E-state index is 9.41. The van der Waals surface area contributed by atoms with Crippen LogP contribution in [0.4, 0.5) is 0 Å². The molecule has 3 rings (SSSR count). The van der Waals surface area contributed by atoms with Crippen LogP contribution >= 0.6 is 0 Å². The van der Waals surface area contributed by atoms with E-state index in [2.05, 4.69) is 25.3 Å². The second-order valence-corrected chi connectivity index (χ2v) is 4.21. The maximum atomic E-state index is 9.41. The van der Waals surface area contributed by atoms with Crippen LogP contribution in [0.5, 0.6) is 5.75 Å². The summed E-state index contributed by atoms with van der Waals surface area (Å²) in [6, 6.07) is 6.92. The number of benzene rings is 1. The Bertz CT molecular complexity index is 633. The van der Waals surface area contributed by atoms with Crippen molar-refractivity contribution in [3.05, 3.63) is 29.8 Å². The van der Waals surface area contributed by atoms with Crippen LogP contribution in [0.15, 0.2) is 44.2 Å². The van der Waals surface area contributed by atoms with Crippen LogP contribution in [0.3, 0.4) is 0 Å². The van der Waals surface area contributed by atoms with Gasteiger partial charge < -0.3 is 5.11 Å². The SMILES string of the molecule is NC1(NCc2cccc(O)c2)N=CN=C2N=CN=C21. The highest BCUT2D eigenvalue weighted by molar-refractivity contribution is 6.50. The molecule has 0 fully saturated rings. The number of aliphatic imine (C=N–C) groups is 4. The van der Waals surface area contributed by atoms with Gasteiger partial charge in [-0.15, -0.1) is 0 Å². The molecule has 0 radical (unpaired) electrons. The fourth-order valence-electron chi connectivity index (χ4n) is 1.89. The summed E-state index contributed by atoms with van der Waals surface area (Å²) < 4.78 is 0. The molecule has 4 N–H and O–H groups in total. The van der Waals surface area contributed by atoms with E-state index in [9.17, 15) is 5.11 Å². The van der Waals surface area contributed by atoms with Gasteiger partial charge in [0.05, 0.1) is 0 Å². The summed E-state index contributed by atoms with van der Waals surface area (Å²) in [7, 11) is 0. The van der Waals surface area contributed by atoms with Crippen molar-refractivity contribution in [3.63, 3.8) is 0 Å². The molecule has 2 aliphatic rings. The van der Waals surface area contributed by atoms with Gasteiger partial charge in [0.2, 0.25) is 5.79 Å². The Morgan fingerprint density at radius 3 is 3.00 bits per heavy atom. The number of phenolic OH excluding ortho intramolecular Hbond substituents is 1. The molecule has 0 saturated carbocycles. The van der Waals surface area contributed by atoms with E-state index in [1.165, 1.54) is 12.7 Å². The van der Waals surface area contributed by atoms with E-state index in [0.717, 1.165) is 5.56 Å². The Morgan fingerprint density at radius 1 is 1.26 bits per heavy atom. The van der Waals surface area contributed by atoms with Gasteiger partial charge in [-0.05, 0) is 17.7 Å². The monoisotopic (exact) mass is 256 g/mol. The predicted octanol–water partition coefficient (Wildman–Crippen LogP) is 0.0176. The van der Waals surface area contributed by atoms with Gasteiger partial charge in [0, 0.05) is 6.54 Å². The van der Waals surface area contributed by atoms with Gasteiger partial charge in [0.25, 0.3) is 0 Å². The van der Waals surface area contributed by atoms with Gasteiger partial charge >= 0.3 is 0 Å². The average molecular weight is 256 g/mol. The molecule has 0 bridgehead atoms. The Morgan fingerprint density at radius 2 is 2.16 bits per heavy atom. The Hall–Kier alpha value is -2.38. The third-order valence-electron chi connectivity index (χ3n) is 2.85. The highest BCUT2D eigenvalue weighted by atomic mass is 16.3. The molecule has 1 aromatic carbocycles. The van der Waals surface area contributed by atoms with Crippen molar-refractivity contribution in [2.24, 2.45) is 25.7 Å². The lowest BCUT2D eigenvalue weighted by molar-refractivity contribution is 0.458. The van der Waals surface area contributed by atoms with Crippen LogP contribution in [0.25, 0.3) is 0 Å². The standard InChI is InChI=1S/C12H12N6O/c13-12(10-11(15-6-14-10)16-7-18-12)17-5-8-2-1-3-9(19)4-8/h1-4,6-7,17,19H,5,13H2. The molecule has 2 aliphatic heterocycles. The zero-order chi connectivity index (χ0) is 13.3. The van der Waals surface area contributed by atoms with E-state index >= 15 is 0 Å². The van der Waals surface area contributed by atoms with E-state index in [1.807, 2.05) is 6.07 Å². The molecular weight excluding hydrogens is 244 g/mol. The summed E-state index contributed by atoms with van der Waals surface area (Å²) in [4.78, 5) is 16.2. The number of nitrogens with one attached hydrogen (secondary N) is 1. The van der Waals surface area contributed by atoms with Crippen LogP contribution in [0, 0.1) is 0 Å². The normalized spacial score (nSPS) is 24.1. The van der Waals surface area contributed by atoms with Gasteiger partial charge in [0.15, 0.2) is 5.84 Å². The third-order valence-corrected chi connectivity index (χ3v) is 2.85. The number of rotatable bonds is 3. The van der Waals surface area contributed by atoms with Crippen molar-refractivity contribution in [1.82, 2.24) is 5.32 Å². The van der Waals surface area contributed by atoms with Crippen molar-refractivity contribution >= 4 is 24.2 Å². The second-order valence-electron chi connectivity index (χ2n) is 4.21. The summed E-state index contributed by atoms with van der Waals surface area (Å²) in [5.41, 5.74) is 7.55. The Balaban J connectivity index is 1.77. The highest BCUT2D eigenvalue weighted by Crippen LogP contribution is 2.15. The molecule has 2 heterocycles. The largest absolute Gasteiger partial charge is 0.508 e. The molecule has 1 unspecified atom stereocenters. The molecule has 0 aromatic heterocycles. The first-order valence-corrected chi connectivity index (χ1v) is 5.72. The van der Waals surface area contributed by atoms with Crippen LogP contribution in [-0.4, -0.2) is 35.1 Å². The zero-order valence-corrected chi connectivity index (χ0v) is 9.98. The summed E-state index contributed by atoms with van der Waals surface area (Å²) >= 11 is 0. The first-order valence-electron chi connectivity index (χ1n) is 5.72. The molecule has 7 nitrogen and oxygen atoms in total. The minimum absolute atomic E-state index is 0.210. The summed E-state index contributed by atoms with van der Waals surface area (Å²) in [6.45, 7) is 0.439. The van der Waals surface area contributed by atoms with E-state index in [0.29, 0.717) is 18.1 Å². The number of amidine groups is 1. The molecule has 7 heteroatoms. The molecule has 19 heavy (non-hydrogen) atoms. The van der Waals surface area contributed by atoms with Crippen molar-refractivity contribution in [3.8, 4) is 5.75 Å². The fraction of sp³-hybridized carbons (Fsp3) is 0.167. The highest BCUT2D eigenvalue weighted by Gasteiger charge is 2.37. The van der Waals surface area contributed by atoms with Gasteiger partial charge in [0.1, 0.15) is 24.1 Å². The quantitative estimate of drug-likeness (QED) is 0.663. The van der Waals surface area contributed by atoms with E-state index in [1.54, 1.807) is 18.2 Å². The number of fused-ring (bicyclic) bond motifs is 1. The number of nitrogens with two attached hydrogens (primary N) is 1. The van der Waals surface area contributed by atoms with Crippen molar-refractivity contribution in [2.45, 2.75) is 12.3 Å². The second kappa shape index (κ2) is 4.38. The first-order chi connectivity index (χ1) is 9.17. The molecular formula is C12H12N6O. The minimum atomic E-state index is -1.14. The molecule has 0 saturated heterocycles. The number of nitrogens with zero attached hydrogens (tertiary/aromatic N) is 4. The first kappa shape index (κ1) is 11.7. The van der Waals surface area contributed by atoms with E-state index < -0.39 is 5.79 Å². The summed E-state index contributed by atoms with van der Waals surface area (Å²) in [5.74, 6) is -0.457. The smallest absolute Gasteiger partial charge is 0.211 e. The summed E-state index contributed by atoms with van der Waals surface area (Å²) in [5, 5.41) is 12.5. The predicted molar refractivity (Wildman–Crippen MR) is 73.7 cm³/mol. The van der Waals surface area contributed by atoms with E-state index in [4.69, 9.17) is 5.73 Å². The van der Waals surface area contributed by atoms with Crippen molar-refractivity contribution in [1.29, 1.82) is 0 Å². The number of aromatic hydroxyl groups is 1. The van der Waals surface area contributed by atoms with Crippen LogP contribution < -0.4 is 11.1 Å². The molecule has 0 aliphatic carbocycles. The van der Waals surface area contributed by atoms with Gasteiger partial charge in [-0.3, -0.25) is 11.1 Å². The molecule has 96 valence electrons. The Labute approximate surface area is 109 Å². The lowest BCUT2D eigenvalue weighted by atomic mass is 10.1. The average Bonchev–Trinajstić information content (AvgIpc) is 2.87. The van der Waals surface area contributed by atoms with E-state index in [-0.39, 0.29) is 5.75 Å². The Kier molecular flexibility index (Phi) is 2.69. The lowest BCUT2D eigenvalue weighted by Crippen LogP contribution is -2.60. The topological polar surface area (TPSA) is 108 Å². The van der Waals surface area contributed by atoms with Crippen LogP contribution in [0.1, 0.15) is 5.56 Å². The zero-order valence-electron chi connectivity index (χ0n) is 9.98. The number of phenols is 1. The lowest BCUT2D eigenvalue weighted by Gasteiger charge is -2.27. The van der Waals surface area contributed by atoms with Crippen molar-refractivity contribution in [2.75, 3.05) is 0 Å². The third kappa shape index (κ3) is 2.16. The molecule has 1 aromatic rings. The minimum Gasteiger partial charge on any atom is -0.508 e. The number of hydrogen-bond donors (Lipinski definition) is 3. The van der Waals surface area contributed by atoms with Gasteiger partial charge in [-0.25, -0.2) is 20.0 Å². The number of hydrogen-bond acceptors (Lipinski definition) is 7. The van der Waals surface area contributed by atoms with Gasteiger partial charge in [-0.2, -0.15) is 0 Å². The maximum Gasteiger partial charge on any atom is 0.211 e. The molecule has 0 amide bonds. The van der Waals surface area contributed by atoms with Gasteiger partial charge in [-0.1, -0.05) is 12.1 Å². The molecule has 1 atom stereocenters. The summed E-state index contributed by atoms with van der Waals surface area (Å²) in [6.07, 6.45) is 2.77. The van der Waals surface area contributed by atoms with Crippen molar-refractivity contribution < 1.29 is 5.11 Å². The fourth-order valence-corrected chi connectivity index (χ4v) is 1.89. The molecule has 0 spiro atoms. The van der Waals surface area contributed by atoms with Crippen LogP contribution in [-0.2, 0) is 6.54 Å². The van der Waals surface area contributed by atoms with Crippen LogP contribution in [0.2, 0.25) is 0 Å².